The predicted molar refractivity (Wildman–Crippen MR) is 94.4 cm³/mol. The zero-order chi connectivity index (χ0) is 17.0. The Bertz CT molecular complexity index is 825. The molecule has 6 nitrogen and oxygen atoms in total. The van der Waals surface area contributed by atoms with Crippen LogP contribution in [0.2, 0.25) is 0 Å². The molecule has 1 aromatic heterocycles. The monoisotopic (exact) mass is 337 g/mol. The van der Waals surface area contributed by atoms with Gasteiger partial charge in [-0.2, -0.15) is 0 Å². The van der Waals surface area contributed by atoms with Crippen LogP contribution in [0, 0.1) is 0 Å². The minimum atomic E-state index is -0.138. The van der Waals surface area contributed by atoms with E-state index in [1.54, 1.807) is 0 Å². The molecule has 1 atom stereocenters. The van der Waals surface area contributed by atoms with E-state index in [0.717, 1.165) is 43.4 Å². The highest BCUT2D eigenvalue weighted by Gasteiger charge is 2.35. The quantitative estimate of drug-likeness (QED) is 0.859. The Labute approximate surface area is 147 Å². The van der Waals surface area contributed by atoms with Crippen LogP contribution in [0.1, 0.15) is 42.9 Å². The number of amides is 1. The van der Waals surface area contributed by atoms with E-state index < -0.39 is 0 Å². The molecule has 1 fully saturated rings. The fourth-order valence-electron chi connectivity index (χ4n) is 4.12. The molecule has 3 aliphatic rings. The summed E-state index contributed by atoms with van der Waals surface area (Å²) in [5.74, 6) is 2.98. The van der Waals surface area contributed by atoms with Crippen LogP contribution in [0.4, 0.5) is 5.69 Å². The largest absolute Gasteiger partial charge is 0.312 e. The van der Waals surface area contributed by atoms with Crippen molar-refractivity contribution in [1.82, 2.24) is 19.7 Å². The number of carbonyl (C=O) groups is 1. The first-order valence-electron chi connectivity index (χ1n) is 9.27. The van der Waals surface area contributed by atoms with Crippen molar-refractivity contribution in [3.8, 4) is 0 Å². The molecular weight excluding hydrogens is 314 g/mol. The van der Waals surface area contributed by atoms with Crippen molar-refractivity contribution in [2.75, 3.05) is 18.0 Å². The van der Waals surface area contributed by atoms with Crippen molar-refractivity contribution < 1.29 is 4.79 Å². The van der Waals surface area contributed by atoms with Crippen molar-refractivity contribution in [3.63, 3.8) is 0 Å². The van der Waals surface area contributed by atoms with Gasteiger partial charge in [-0.1, -0.05) is 18.2 Å². The van der Waals surface area contributed by atoms with Gasteiger partial charge in [-0.05, 0) is 37.8 Å². The van der Waals surface area contributed by atoms with Crippen molar-refractivity contribution in [3.05, 3.63) is 41.5 Å². The first-order valence-corrected chi connectivity index (χ1v) is 9.27. The molecule has 2 aromatic rings. The highest BCUT2D eigenvalue weighted by atomic mass is 16.2. The van der Waals surface area contributed by atoms with Crippen LogP contribution in [-0.4, -0.2) is 44.7 Å². The molecule has 0 unspecified atom stereocenters. The molecule has 3 heterocycles. The van der Waals surface area contributed by atoms with Crippen LogP contribution in [0.25, 0.3) is 0 Å². The molecule has 1 saturated carbocycles. The van der Waals surface area contributed by atoms with Gasteiger partial charge in [-0.15, -0.1) is 10.2 Å². The summed E-state index contributed by atoms with van der Waals surface area (Å²) in [6.07, 6.45) is 3.43. The molecule has 0 bridgehead atoms. The van der Waals surface area contributed by atoms with Crippen LogP contribution in [0.3, 0.4) is 0 Å². The van der Waals surface area contributed by atoms with E-state index >= 15 is 0 Å². The number of carbonyl (C=O) groups excluding carboxylic acids is 1. The Balaban J connectivity index is 1.33. The lowest BCUT2D eigenvalue weighted by molar-refractivity contribution is -0.123. The van der Waals surface area contributed by atoms with Crippen LogP contribution in [-0.2, 0) is 24.3 Å². The van der Waals surface area contributed by atoms with Gasteiger partial charge in [0.25, 0.3) is 0 Å². The molecule has 6 heteroatoms. The van der Waals surface area contributed by atoms with Crippen LogP contribution < -0.4 is 4.90 Å². The van der Waals surface area contributed by atoms with Gasteiger partial charge >= 0.3 is 0 Å². The van der Waals surface area contributed by atoms with E-state index in [-0.39, 0.29) is 11.9 Å². The third-order valence-electron chi connectivity index (χ3n) is 5.81. The summed E-state index contributed by atoms with van der Waals surface area (Å²) in [6, 6.07) is 8.10. The third-order valence-corrected chi connectivity index (χ3v) is 5.81. The van der Waals surface area contributed by atoms with Gasteiger partial charge < -0.3 is 9.47 Å². The van der Waals surface area contributed by atoms with Crippen LogP contribution in [0.5, 0.6) is 0 Å². The van der Waals surface area contributed by atoms with Crippen molar-refractivity contribution in [2.45, 2.75) is 51.2 Å². The van der Waals surface area contributed by atoms with Gasteiger partial charge in [0.1, 0.15) is 11.6 Å². The van der Waals surface area contributed by atoms with E-state index in [2.05, 4.69) is 31.8 Å². The average Bonchev–Trinajstić information content (AvgIpc) is 3.26. The zero-order valence-corrected chi connectivity index (χ0v) is 14.6. The normalized spacial score (nSPS) is 21.1. The van der Waals surface area contributed by atoms with Crippen molar-refractivity contribution in [1.29, 1.82) is 0 Å². The fourth-order valence-corrected chi connectivity index (χ4v) is 4.12. The lowest BCUT2D eigenvalue weighted by Gasteiger charge is -2.34. The van der Waals surface area contributed by atoms with Gasteiger partial charge in [0.05, 0.1) is 12.6 Å². The molecular formula is C19H23N5O. The molecule has 5 rings (SSSR count). The van der Waals surface area contributed by atoms with Gasteiger partial charge in [-0.3, -0.25) is 9.69 Å². The lowest BCUT2D eigenvalue weighted by atomic mass is 10.1. The SMILES string of the molecule is C[C@@H](C(=O)N1CCc2ccccc21)N1CCn2c(nnc2C2CC2)C1. The summed E-state index contributed by atoms with van der Waals surface area (Å²) >= 11 is 0. The predicted octanol–water partition coefficient (Wildman–Crippen LogP) is 1.95. The summed E-state index contributed by atoms with van der Waals surface area (Å²) in [5, 5.41) is 8.79. The summed E-state index contributed by atoms with van der Waals surface area (Å²) in [7, 11) is 0. The number of para-hydroxylation sites is 1. The number of fused-ring (bicyclic) bond motifs is 2. The molecule has 0 N–H and O–H groups in total. The maximum atomic E-state index is 13.1. The van der Waals surface area contributed by atoms with Crippen LogP contribution >= 0.6 is 0 Å². The van der Waals surface area contributed by atoms with Gasteiger partial charge in [-0.25, -0.2) is 0 Å². The van der Waals surface area contributed by atoms with E-state index in [0.29, 0.717) is 12.5 Å². The van der Waals surface area contributed by atoms with E-state index in [1.807, 2.05) is 24.0 Å². The highest BCUT2D eigenvalue weighted by molar-refractivity contribution is 5.98. The number of nitrogens with zero attached hydrogens (tertiary/aromatic N) is 5. The van der Waals surface area contributed by atoms with Crippen molar-refractivity contribution >= 4 is 11.6 Å². The third kappa shape index (κ3) is 2.47. The summed E-state index contributed by atoms with van der Waals surface area (Å²) in [4.78, 5) is 17.3. The second-order valence-corrected chi connectivity index (χ2v) is 7.42. The molecule has 1 aromatic carbocycles. The Kier molecular flexibility index (Phi) is 3.41. The number of anilines is 1. The molecule has 0 saturated heterocycles. The molecule has 0 radical (unpaired) electrons. The summed E-state index contributed by atoms with van der Waals surface area (Å²) < 4.78 is 2.27. The highest BCUT2D eigenvalue weighted by Crippen LogP contribution is 2.39. The van der Waals surface area contributed by atoms with Gasteiger partial charge in [0.2, 0.25) is 5.91 Å². The number of aromatic nitrogens is 3. The molecule has 2 aliphatic heterocycles. The Hall–Kier alpha value is -2.21. The smallest absolute Gasteiger partial charge is 0.244 e. The number of hydrogen-bond acceptors (Lipinski definition) is 4. The maximum Gasteiger partial charge on any atom is 0.244 e. The minimum Gasteiger partial charge on any atom is -0.312 e. The lowest BCUT2D eigenvalue weighted by Crippen LogP contribution is -2.49. The van der Waals surface area contributed by atoms with Gasteiger partial charge in [0.15, 0.2) is 0 Å². The molecule has 1 amide bonds. The summed E-state index contributed by atoms with van der Waals surface area (Å²) in [5.41, 5.74) is 2.35. The first kappa shape index (κ1) is 15.1. The summed E-state index contributed by atoms with van der Waals surface area (Å²) in [6.45, 7) is 5.30. The molecule has 1 aliphatic carbocycles. The number of hydrogen-bond donors (Lipinski definition) is 0. The van der Waals surface area contributed by atoms with Crippen LogP contribution in [0.15, 0.2) is 24.3 Å². The number of benzene rings is 1. The first-order chi connectivity index (χ1) is 12.2. The molecule has 0 spiro atoms. The van der Waals surface area contributed by atoms with E-state index in [1.165, 1.54) is 18.4 Å². The van der Waals surface area contributed by atoms with E-state index in [4.69, 9.17) is 0 Å². The zero-order valence-electron chi connectivity index (χ0n) is 14.6. The standard InChI is InChI=1S/C19H23N5O/c1-13(19(25)23-9-8-14-4-2-3-5-16(14)23)22-10-11-24-17(12-22)20-21-18(24)15-6-7-15/h2-5,13,15H,6-12H2,1H3/t13-/m0/s1. The molecule has 130 valence electrons. The van der Waals surface area contributed by atoms with E-state index in [9.17, 15) is 4.79 Å². The second kappa shape index (κ2) is 5.66. The second-order valence-electron chi connectivity index (χ2n) is 7.42. The Morgan fingerprint density at radius 1 is 1.16 bits per heavy atom. The average molecular weight is 337 g/mol. The Morgan fingerprint density at radius 2 is 2.00 bits per heavy atom. The topological polar surface area (TPSA) is 54.3 Å². The number of rotatable bonds is 3. The van der Waals surface area contributed by atoms with Gasteiger partial charge in [0, 0.05) is 31.2 Å². The minimum absolute atomic E-state index is 0.138. The molecule has 25 heavy (non-hydrogen) atoms. The fraction of sp³-hybridized carbons (Fsp3) is 0.526. The Morgan fingerprint density at radius 3 is 2.84 bits per heavy atom. The van der Waals surface area contributed by atoms with Crippen molar-refractivity contribution in [2.24, 2.45) is 0 Å². The maximum absolute atomic E-state index is 13.1.